The van der Waals surface area contributed by atoms with Gasteiger partial charge in [0.1, 0.15) is 5.82 Å². The van der Waals surface area contributed by atoms with E-state index < -0.39 is 0 Å². The third-order valence-electron chi connectivity index (χ3n) is 7.22. The summed E-state index contributed by atoms with van der Waals surface area (Å²) in [5, 5.41) is 19.3. The van der Waals surface area contributed by atoms with Crippen molar-refractivity contribution >= 4 is 34.5 Å². The molecule has 6 rings (SSSR count). The van der Waals surface area contributed by atoms with E-state index in [4.69, 9.17) is 9.97 Å². The lowest BCUT2D eigenvalue weighted by atomic mass is 9.89. The number of carbonyl (C=O) groups excluding carboxylic acids is 1. The number of aryl methyl sites for hydroxylation is 3. The lowest BCUT2D eigenvalue weighted by molar-refractivity contribution is -0.132. The molecule has 0 radical (unpaired) electrons. The molecule has 3 N–H and O–H groups in total. The Hall–Kier alpha value is -4.02. The van der Waals surface area contributed by atoms with Crippen LogP contribution < -0.4 is 10.6 Å². The Balaban J connectivity index is 1.24. The van der Waals surface area contributed by atoms with Gasteiger partial charge in [-0.2, -0.15) is 20.2 Å². The number of amides is 1. The summed E-state index contributed by atoms with van der Waals surface area (Å²) in [6, 6.07) is 8.51. The van der Waals surface area contributed by atoms with Crippen LogP contribution in [0, 0.1) is 6.92 Å². The molecule has 11 nitrogen and oxygen atoms in total. The zero-order valence-electron chi connectivity index (χ0n) is 20.5. The molecular formula is C25H30N10O. The first-order valence-corrected chi connectivity index (χ1v) is 12.5. The quantitative estimate of drug-likeness (QED) is 0.363. The first kappa shape index (κ1) is 22.4. The molecule has 0 aliphatic carbocycles. The van der Waals surface area contributed by atoms with Crippen LogP contribution in [-0.2, 0) is 18.3 Å². The molecule has 0 bridgehead atoms. The largest absolute Gasteiger partial charge is 0.351 e. The standard InChI is InChI=1S/C25H30N10O/c1-15-11-21(33-32-15)29-23-20-14-27-34(2)24(20)31-25(30-23)28-17-12-18(7-6-16-5-3-4-10-26-16)35-19(13-17)8-9-22(35)36/h3-5,10-11,14,17-19H,6-9,12-13H2,1-2H3,(H3,28,29,30,31,32,33)/t17-,18-,19+/m1/s1. The van der Waals surface area contributed by atoms with Crippen molar-refractivity contribution in [1.82, 2.24) is 39.8 Å². The van der Waals surface area contributed by atoms with Crippen LogP contribution in [0.1, 0.15) is 43.5 Å². The van der Waals surface area contributed by atoms with Crippen LogP contribution >= 0.6 is 0 Å². The molecule has 2 fully saturated rings. The van der Waals surface area contributed by atoms with E-state index in [1.165, 1.54) is 0 Å². The number of rotatable bonds is 7. The summed E-state index contributed by atoms with van der Waals surface area (Å²) in [7, 11) is 1.87. The second-order valence-corrected chi connectivity index (χ2v) is 9.78. The summed E-state index contributed by atoms with van der Waals surface area (Å²) in [6.07, 6.45) is 8.61. The van der Waals surface area contributed by atoms with E-state index in [-0.39, 0.29) is 24.0 Å². The minimum atomic E-state index is 0.164. The molecule has 1 amide bonds. The number of hydrogen-bond acceptors (Lipinski definition) is 8. The maximum atomic E-state index is 12.7. The fourth-order valence-electron chi connectivity index (χ4n) is 5.56. The Morgan fingerprint density at radius 1 is 1.22 bits per heavy atom. The number of fused-ring (bicyclic) bond motifs is 2. The Morgan fingerprint density at radius 3 is 2.94 bits per heavy atom. The first-order valence-electron chi connectivity index (χ1n) is 12.5. The monoisotopic (exact) mass is 486 g/mol. The van der Waals surface area contributed by atoms with Crippen molar-refractivity contribution in [3.63, 3.8) is 0 Å². The van der Waals surface area contributed by atoms with Crippen LogP contribution in [0.3, 0.4) is 0 Å². The first-order chi connectivity index (χ1) is 17.5. The Kier molecular flexibility index (Phi) is 5.74. The minimum absolute atomic E-state index is 0.164. The summed E-state index contributed by atoms with van der Waals surface area (Å²) in [5.74, 6) is 2.17. The molecule has 0 saturated carbocycles. The molecule has 0 spiro atoms. The van der Waals surface area contributed by atoms with Gasteiger partial charge in [0.2, 0.25) is 11.9 Å². The van der Waals surface area contributed by atoms with Crippen LogP contribution in [0.15, 0.2) is 36.7 Å². The Labute approximate surface area is 208 Å². The molecule has 2 aliphatic heterocycles. The number of anilines is 3. The van der Waals surface area contributed by atoms with Gasteiger partial charge in [0, 0.05) is 55.2 Å². The number of piperidine rings is 1. The summed E-state index contributed by atoms with van der Waals surface area (Å²) in [4.78, 5) is 28.9. The van der Waals surface area contributed by atoms with E-state index in [1.54, 1.807) is 10.9 Å². The van der Waals surface area contributed by atoms with Crippen LogP contribution in [0.4, 0.5) is 17.6 Å². The number of nitrogens with one attached hydrogen (secondary N) is 3. The number of nitrogens with zero attached hydrogens (tertiary/aromatic N) is 7. The predicted octanol–water partition coefficient (Wildman–Crippen LogP) is 3.10. The molecule has 6 heterocycles. The van der Waals surface area contributed by atoms with Crippen molar-refractivity contribution < 1.29 is 4.79 Å². The fourth-order valence-corrected chi connectivity index (χ4v) is 5.56. The lowest BCUT2D eigenvalue weighted by Gasteiger charge is -2.42. The van der Waals surface area contributed by atoms with Crippen molar-refractivity contribution in [2.24, 2.45) is 7.05 Å². The highest BCUT2D eigenvalue weighted by Crippen LogP contribution is 2.35. The molecule has 2 saturated heterocycles. The number of aromatic nitrogens is 7. The molecule has 2 aliphatic rings. The molecule has 0 unspecified atom stereocenters. The van der Waals surface area contributed by atoms with Crippen molar-refractivity contribution in [2.45, 2.75) is 63.6 Å². The van der Waals surface area contributed by atoms with Crippen LogP contribution in [0.2, 0.25) is 0 Å². The number of carbonyl (C=O) groups is 1. The second kappa shape index (κ2) is 9.21. The average molecular weight is 487 g/mol. The second-order valence-electron chi connectivity index (χ2n) is 9.78. The Morgan fingerprint density at radius 2 is 2.14 bits per heavy atom. The summed E-state index contributed by atoms with van der Waals surface area (Å²) < 4.78 is 1.75. The van der Waals surface area contributed by atoms with Gasteiger partial charge in [0.25, 0.3) is 0 Å². The van der Waals surface area contributed by atoms with Crippen molar-refractivity contribution in [2.75, 3.05) is 10.6 Å². The molecule has 11 heteroatoms. The van der Waals surface area contributed by atoms with E-state index in [2.05, 4.69) is 35.8 Å². The molecule has 4 aromatic rings. The van der Waals surface area contributed by atoms with Crippen molar-refractivity contribution in [1.29, 1.82) is 0 Å². The molecule has 186 valence electrons. The third kappa shape index (κ3) is 4.36. The topological polar surface area (TPSA) is 130 Å². The zero-order valence-corrected chi connectivity index (χ0v) is 20.5. The van der Waals surface area contributed by atoms with Gasteiger partial charge in [-0.15, -0.1) is 0 Å². The molecule has 4 aromatic heterocycles. The normalized spacial score (nSPS) is 21.7. The summed E-state index contributed by atoms with van der Waals surface area (Å²) in [5.41, 5.74) is 2.76. The van der Waals surface area contributed by atoms with E-state index in [9.17, 15) is 4.79 Å². The van der Waals surface area contributed by atoms with Gasteiger partial charge in [-0.05, 0) is 51.2 Å². The molecule has 36 heavy (non-hydrogen) atoms. The van der Waals surface area contributed by atoms with E-state index >= 15 is 0 Å². The van der Waals surface area contributed by atoms with Gasteiger partial charge in [0.05, 0.1) is 11.6 Å². The zero-order chi connectivity index (χ0) is 24.6. The highest BCUT2D eigenvalue weighted by molar-refractivity contribution is 5.89. The maximum absolute atomic E-state index is 12.7. The highest BCUT2D eigenvalue weighted by Gasteiger charge is 2.42. The summed E-state index contributed by atoms with van der Waals surface area (Å²) >= 11 is 0. The van der Waals surface area contributed by atoms with Crippen LogP contribution in [-0.4, -0.2) is 63.9 Å². The van der Waals surface area contributed by atoms with Gasteiger partial charge < -0.3 is 15.5 Å². The van der Waals surface area contributed by atoms with Crippen LogP contribution in [0.25, 0.3) is 11.0 Å². The van der Waals surface area contributed by atoms with E-state index in [0.717, 1.165) is 54.5 Å². The smallest absolute Gasteiger partial charge is 0.226 e. The van der Waals surface area contributed by atoms with E-state index in [1.807, 2.05) is 44.4 Å². The lowest BCUT2D eigenvalue weighted by Crippen LogP contribution is -2.51. The number of pyridine rings is 1. The number of hydrogen-bond donors (Lipinski definition) is 3. The van der Waals surface area contributed by atoms with Gasteiger partial charge in [-0.1, -0.05) is 6.07 Å². The SMILES string of the molecule is Cc1cc(Nc2nc(N[C@@H]3C[C@@H](CCc4ccccn4)N4C(=O)CC[C@H]4C3)nc3c2cnn3C)n[nH]1. The Bertz CT molecular complexity index is 1380. The minimum Gasteiger partial charge on any atom is -0.351 e. The van der Waals surface area contributed by atoms with Crippen molar-refractivity contribution in [3.8, 4) is 0 Å². The third-order valence-corrected chi connectivity index (χ3v) is 7.22. The number of aromatic amines is 1. The van der Waals surface area contributed by atoms with Gasteiger partial charge in [0.15, 0.2) is 11.5 Å². The highest BCUT2D eigenvalue weighted by atomic mass is 16.2. The van der Waals surface area contributed by atoms with Crippen molar-refractivity contribution in [3.05, 3.63) is 48.0 Å². The van der Waals surface area contributed by atoms with Gasteiger partial charge >= 0.3 is 0 Å². The van der Waals surface area contributed by atoms with Crippen LogP contribution in [0.5, 0.6) is 0 Å². The molecule has 0 aromatic carbocycles. The summed E-state index contributed by atoms with van der Waals surface area (Å²) in [6.45, 7) is 1.95. The van der Waals surface area contributed by atoms with E-state index in [0.29, 0.717) is 24.0 Å². The van der Waals surface area contributed by atoms with Gasteiger partial charge in [-0.3, -0.25) is 19.6 Å². The predicted molar refractivity (Wildman–Crippen MR) is 136 cm³/mol. The average Bonchev–Trinajstić information content (AvgIpc) is 3.57. The molecular weight excluding hydrogens is 456 g/mol. The maximum Gasteiger partial charge on any atom is 0.226 e. The molecule has 3 atom stereocenters. The fraction of sp³-hybridized carbons (Fsp3) is 0.440. The van der Waals surface area contributed by atoms with Gasteiger partial charge in [-0.25, -0.2) is 0 Å². The number of H-pyrrole nitrogens is 1.